The number of amides is 1. The van der Waals surface area contributed by atoms with E-state index in [1.54, 1.807) is 33.4 Å². The molecule has 0 aliphatic heterocycles. The van der Waals surface area contributed by atoms with E-state index in [-0.39, 0.29) is 24.1 Å². The molecule has 1 aromatic carbocycles. The molecule has 0 radical (unpaired) electrons. The molecule has 1 atom stereocenters. The number of methoxy groups -OCH3 is 2. The maximum Gasteiger partial charge on any atom is 0.264 e. The normalized spacial score (nSPS) is 12.0. The fourth-order valence-electron chi connectivity index (χ4n) is 2.87. The molecule has 1 N–H and O–H groups in total. The van der Waals surface area contributed by atoms with E-state index < -0.39 is 0 Å². The van der Waals surface area contributed by atoms with E-state index in [9.17, 15) is 9.59 Å². The summed E-state index contributed by atoms with van der Waals surface area (Å²) in [7, 11) is 4.83. The van der Waals surface area contributed by atoms with Gasteiger partial charge in [-0.2, -0.15) is 5.10 Å². The zero-order valence-corrected chi connectivity index (χ0v) is 15.6. The summed E-state index contributed by atoms with van der Waals surface area (Å²) in [5, 5.41) is 7.26. The average Bonchev–Trinajstić information content (AvgIpc) is 3.05. The van der Waals surface area contributed by atoms with Crippen LogP contribution in [0.25, 0.3) is 11.0 Å². The summed E-state index contributed by atoms with van der Waals surface area (Å²) >= 11 is 0. The smallest absolute Gasteiger partial charge is 0.264 e. The van der Waals surface area contributed by atoms with Crippen LogP contribution in [0.4, 0.5) is 0 Å². The molecule has 1 unspecified atom stereocenters. The molecule has 27 heavy (non-hydrogen) atoms. The SMILES string of the molecule is COc1ccc(C(C)NC(=O)Cn2cnc3c(cnn3C)c2=O)c(OC)c1. The number of hydrogen-bond donors (Lipinski definition) is 1. The Hall–Kier alpha value is -3.36. The second-order valence-electron chi connectivity index (χ2n) is 6.08. The van der Waals surface area contributed by atoms with Crippen LogP contribution in [0.2, 0.25) is 0 Å². The third-order valence-corrected chi connectivity index (χ3v) is 4.32. The fraction of sp³-hybridized carbons (Fsp3) is 0.333. The zero-order chi connectivity index (χ0) is 19.6. The van der Waals surface area contributed by atoms with Gasteiger partial charge in [0.1, 0.15) is 29.8 Å². The maximum absolute atomic E-state index is 12.5. The molecular weight excluding hydrogens is 350 g/mol. The summed E-state index contributed by atoms with van der Waals surface area (Å²) < 4.78 is 13.3. The van der Waals surface area contributed by atoms with Crippen LogP contribution in [0.3, 0.4) is 0 Å². The minimum absolute atomic E-state index is 0.139. The van der Waals surface area contributed by atoms with Gasteiger partial charge in [-0.1, -0.05) is 0 Å². The first-order valence-corrected chi connectivity index (χ1v) is 8.33. The molecule has 0 saturated carbocycles. The predicted octanol–water partition coefficient (Wildman–Crippen LogP) is 1.02. The van der Waals surface area contributed by atoms with Gasteiger partial charge in [-0.25, -0.2) is 4.98 Å². The van der Waals surface area contributed by atoms with Gasteiger partial charge >= 0.3 is 0 Å². The topological polar surface area (TPSA) is 100 Å². The van der Waals surface area contributed by atoms with Crippen molar-refractivity contribution < 1.29 is 14.3 Å². The predicted molar refractivity (Wildman–Crippen MR) is 98.9 cm³/mol. The number of aromatic nitrogens is 4. The van der Waals surface area contributed by atoms with Gasteiger partial charge in [-0.05, 0) is 19.1 Å². The number of carbonyl (C=O) groups is 1. The van der Waals surface area contributed by atoms with Crippen LogP contribution in [0.1, 0.15) is 18.5 Å². The number of rotatable bonds is 6. The number of nitrogens with one attached hydrogen (secondary N) is 1. The summed E-state index contributed by atoms with van der Waals surface area (Å²) in [4.78, 5) is 29.1. The number of hydrogen-bond acceptors (Lipinski definition) is 6. The van der Waals surface area contributed by atoms with Gasteiger partial charge in [0.05, 0.1) is 26.5 Å². The van der Waals surface area contributed by atoms with Crippen molar-refractivity contribution in [3.05, 3.63) is 46.6 Å². The van der Waals surface area contributed by atoms with Crippen LogP contribution in [-0.2, 0) is 18.4 Å². The van der Waals surface area contributed by atoms with Gasteiger partial charge in [-0.15, -0.1) is 0 Å². The van der Waals surface area contributed by atoms with E-state index in [0.29, 0.717) is 22.5 Å². The Morgan fingerprint density at radius 2 is 2.07 bits per heavy atom. The quantitative estimate of drug-likeness (QED) is 0.694. The lowest BCUT2D eigenvalue weighted by Gasteiger charge is -2.18. The molecule has 0 spiro atoms. The van der Waals surface area contributed by atoms with Gasteiger partial charge < -0.3 is 14.8 Å². The minimum Gasteiger partial charge on any atom is -0.497 e. The first-order valence-electron chi connectivity index (χ1n) is 8.33. The molecule has 1 amide bonds. The van der Waals surface area contributed by atoms with Crippen molar-refractivity contribution in [1.29, 1.82) is 0 Å². The maximum atomic E-state index is 12.5. The van der Waals surface area contributed by atoms with Crippen molar-refractivity contribution in [3.8, 4) is 11.5 Å². The standard InChI is InChI=1S/C18H21N5O4/c1-11(13-6-5-12(26-3)7-15(13)27-4)21-16(24)9-23-10-19-17-14(18(23)25)8-20-22(17)2/h5-8,10-11H,9H2,1-4H3,(H,21,24). The van der Waals surface area contributed by atoms with E-state index in [2.05, 4.69) is 15.4 Å². The molecular formula is C18H21N5O4. The monoisotopic (exact) mass is 371 g/mol. The van der Waals surface area contributed by atoms with Crippen molar-refractivity contribution in [2.45, 2.75) is 19.5 Å². The highest BCUT2D eigenvalue weighted by molar-refractivity contribution is 5.77. The third kappa shape index (κ3) is 3.62. The highest BCUT2D eigenvalue weighted by atomic mass is 16.5. The number of nitrogens with zero attached hydrogens (tertiary/aromatic N) is 4. The summed E-state index contributed by atoms with van der Waals surface area (Å²) in [5.41, 5.74) is 0.978. The number of aryl methyl sites for hydroxylation is 1. The highest BCUT2D eigenvalue weighted by Crippen LogP contribution is 2.29. The van der Waals surface area contributed by atoms with Crippen LogP contribution >= 0.6 is 0 Å². The number of carbonyl (C=O) groups excluding carboxylic acids is 1. The largest absolute Gasteiger partial charge is 0.497 e. The summed E-state index contributed by atoms with van der Waals surface area (Å²) in [5.74, 6) is 0.960. The van der Waals surface area contributed by atoms with Gasteiger partial charge in [-0.3, -0.25) is 18.8 Å². The molecule has 3 aromatic rings. The van der Waals surface area contributed by atoms with Crippen LogP contribution < -0.4 is 20.3 Å². The Kier molecular flexibility index (Phi) is 5.11. The molecule has 3 rings (SSSR count). The molecule has 2 heterocycles. The fourth-order valence-corrected chi connectivity index (χ4v) is 2.87. The lowest BCUT2D eigenvalue weighted by atomic mass is 10.1. The molecule has 142 valence electrons. The lowest BCUT2D eigenvalue weighted by molar-refractivity contribution is -0.122. The summed E-state index contributed by atoms with van der Waals surface area (Å²) in [6, 6.07) is 5.07. The van der Waals surface area contributed by atoms with Gasteiger partial charge in [0, 0.05) is 18.7 Å². The van der Waals surface area contributed by atoms with Gasteiger partial charge in [0.2, 0.25) is 5.91 Å². The Balaban J connectivity index is 1.76. The van der Waals surface area contributed by atoms with Crippen LogP contribution in [0.15, 0.2) is 35.5 Å². The first kappa shape index (κ1) is 18.4. The number of fused-ring (bicyclic) bond motifs is 1. The van der Waals surface area contributed by atoms with E-state index in [4.69, 9.17) is 9.47 Å². The second-order valence-corrected chi connectivity index (χ2v) is 6.08. The number of ether oxygens (including phenoxy) is 2. The zero-order valence-electron chi connectivity index (χ0n) is 15.6. The molecule has 9 heteroatoms. The first-order chi connectivity index (χ1) is 12.9. The Morgan fingerprint density at radius 3 is 2.78 bits per heavy atom. The van der Waals surface area contributed by atoms with Gasteiger partial charge in [0.15, 0.2) is 5.65 Å². The number of benzene rings is 1. The van der Waals surface area contributed by atoms with Gasteiger partial charge in [0.25, 0.3) is 5.56 Å². The van der Waals surface area contributed by atoms with E-state index >= 15 is 0 Å². The van der Waals surface area contributed by atoms with Crippen molar-refractivity contribution >= 4 is 16.9 Å². The molecule has 2 aromatic heterocycles. The molecule has 0 saturated heterocycles. The third-order valence-electron chi connectivity index (χ3n) is 4.32. The van der Waals surface area contributed by atoms with Crippen LogP contribution in [0, 0.1) is 0 Å². The van der Waals surface area contributed by atoms with Crippen LogP contribution in [-0.4, -0.2) is 39.5 Å². The summed E-state index contributed by atoms with van der Waals surface area (Å²) in [6.07, 6.45) is 2.80. The Bertz CT molecular complexity index is 1040. The van der Waals surface area contributed by atoms with E-state index in [0.717, 1.165) is 5.56 Å². The van der Waals surface area contributed by atoms with Crippen molar-refractivity contribution in [1.82, 2.24) is 24.6 Å². The second kappa shape index (κ2) is 7.48. The molecule has 0 aliphatic carbocycles. The molecule has 0 aliphatic rings. The van der Waals surface area contributed by atoms with Crippen LogP contribution in [0.5, 0.6) is 11.5 Å². The lowest BCUT2D eigenvalue weighted by Crippen LogP contribution is -2.34. The Labute approximate surface area is 155 Å². The van der Waals surface area contributed by atoms with E-state index in [1.165, 1.54) is 21.8 Å². The van der Waals surface area contributed by atoms with E-state index in [1.807, 2.05) is 13.0 Å². The van der Waals surface area contributed by atoms with Crippen molar-refractivity contribution in [2.75, 3.05) is 14.2 Å². The molecule has 0 fully saturated rings. The van der Waals surface area contributed by atoms with Crippen molar-refractivity contribution in [2.24, 2.45) is 7.05 Å². The molecule has 0 bridgehead atoms. The Morgan fingerprint density at radius 1 is 1.30 bits per heavy atom. The minimum atomic E-state index is -0.316. The van der Waals surface area contributed by atoms with Crippen molar-refractivity contribution in [3.63, 3.8) is 0 Å². The molecule has 9 nitrogen and oxygen atoms in total. The summed E-state index contributed by atoms with van der Waals surface area (Å²) in [6.45, 7) is 1.70. The highest BCUT2D eigenvalue weighted by Gasteiger charge is 2.16. The average molecular weight is 371 g/mol.